The minimum absolute atomic E-state index is 0.0640. The van der Waals surface area contributed by atoms with Crippen molar-refractivity contribution in [1.29, 1.82) is 0 Å². The van der Waals surface area contributed by atoms with E-state index >= 15 is 0 Å². The van der Waals surface area contributed by atoms with E-state index in [0.717, 1.165) is 28.7 Å². The predicted octanol–water partition coefficient (Wildman–Crippen LogP) is 4.80. The second-order valence-corrected chi connectivity index (χ2v) is 9.12. The first-order chi connectivity index (χ1) is 15.1. The zero-order valence-electron chi connectivity index (χ0n) is 17.3. The van der Waals surface area contributed by atoms with Crippen molar-refractivity contribution in [3.05, 3.63) is 65.2 Å². The molecule has 1 heterocycles. The van der Waals surface area contributed by atoms with Gasteiger partial charge in [-0.05, 0) is 42.3 Å². The van der Waals surface area contributed by atoms with E-state index in [1.807, 2.05) is 19.1 Å². The standard InChI is InChI=1S/C23H24N2O4S2/c1-2-5-21(27)25-18-10-8-16(9-11-18)20(26)14-29-22(28)19-7-4-3-6-17(19)15-31-23-24-12-13-30-23/h3-4,6-11H,2,5,12-15H2,1H3,(H,25,27). The van der Waals surface area contributed by atoms with Gasteiger partial charge in [0.1, 0.15) is 4.38 Å². The Morgan fingerprint density at radius 2 is 1.90 bits per heavy atom. The van der Waals surface area contributed by atoms with E-state index in [2.05, 4.69) is 10.3 Å². The molecular weight excluding hydrogens is 432 g/mol. The van der Waals surface area contributed by atoms with Crippen LogP contribution in [0, 0.1) is 0 Å². The van der Waals surface area contributed by atoms with Gasteiger partial charge in [0.15, 0.2) is 12.4 Å². The van der Waals surface area contributed by atoms with Crippen LogP contribution in [0.4, 0.5) is 5.69 Å². The molecule has 0 saturated carbocycles. The quantitative estimate of drug-likeness (QED) is 0.431. The first-order valence-corrected chi connectivity index (χ1v) is 12.0. The summed E-state index contributed by atoms with van der Waals surface area (Å²) in [6.45, 7) is 2.43. The van der Waals surface area contributed by atoms with Gasteiger partial charge < -0.3 is 10.1 Å². The van der Waals surface area contributed by atoms with Gasteiger partial charge in [-0.2, -0.15) is 0 Å². The highest BCUT2D eigenvalue weighted by atomic mass is 32.2. The van der Waals surface area contributed by atoms with Gasteiger partial charge in [0, 0.05) is 29.2 Å². The monoisotopic (exact) mass is 456 g/mol. The number of rotatable bonds is 9. The molecule has 1 amide bonds. The number of nitrogens with one attached hydrogen (secondary N) is 1. The van der Waals surface area contributed by atoms with Crippen molar-refractivity contribution in [1.82, 2.24) is 0 Å². The van der Waals surface area contributed by atoms with E-state index in [4.69, 9.17) is 4.74 Å². The molecule has 2 aromatic carbocycles. The smallest absolute Gasteiger partial charge is 0.338 e. The fourth-order valence-corrected chi connectivity index (χ4v) is 4.88. The third kappa shape index (κ3) is 6.97. The van der Waals surface area contributed by atoms with Gasteiger partial charge in [0.05, 0.1) is 12.1 Å². The Morgan fingerprint density at radius 3 is 2.61 bits per heavy atom. The van der Waals surface area contributed by atoms with Crippen LogP contribution in [0.5, 0.6) is 0 Å². The Morgan fingerprint density at radius 1 is 1.13 bits per heavy atom. The van der Waals surface area contributed by atoms with Crippen LogP contribution in [-0.2, 0) is 15.3 Å². The van der Waals surface area contributed by atoms with Gasteiger partial charge in [-0.25, -0.2) is 4.79 Å². The molecule has 0 aliphatic carbocycles. The number of ether oxygens (including phenoxy) is 1. The zero-order chi connectivity index (χ0) is 22.1. The van der Waals surface area contributed by atoms with Gasteiger partial charge in [-0.3, -0.25) is 14.6 Å². The van der Waals surface area contributed by atoms with E-state index in [-0.39, 0.29) is 18.3 Å². The summed E-state index contributed by atoms with van der Waals surface area (Å²) in [5, 5.41) is 2.77. The first-order valence-electron chi connectivity index (χ1n) is 10.0. The van der Waals surface area contributed by atoms with Crippen LogP contribution < -0.4 is 5.32 Å². The molecule has 0 radical (unpaired) electrons. The summed E-state index contributed by atoms with van der Waals surface area (Å²) in [5.41, 5.74) is 2.36. The molecule has 1 aliphatic rings. The number of carbonyl (C=O) groups is 3. The summed E-state index contributed by atoms with van der Waals surface area (Å²) in [6, 6.07) is 13.8. The lowest BCUT2D eigenvalue weighted by molar-refractivity contribution is -0.116. The van der Waals surface area contributed by atoms with Gasteiger partial charge in [0.2, 0.25) is 5.91 Å². The number of aliphatic imine (C=N–C) groups is 1. The van der Waals surface area contributed by atoms with Gasteiger partial charge in [0.25, 0.3) is 0 Å². The summed E-state index contributed by atoms with van der Waals surface area (Å²) in [4.78, 5) is 41.0. The second-order valence-electron chi connectivity index (χ2n) is 6.82. The molecule has 162 valence electrons. The number of benzene rings is 2. The summed E-state index contributed by atoms with van der Waals surface area (Å²) in [6.07, 6.45) is 1.22. The van der Waals surface area contributed by atoms with Crippen molar-refractivity contribution >= 4 is 51.2 Å². The Hall–Kier alpha value is -2.58. The van der Waals surface area contributed by atoms with Crippen molar-refractivity contribution in [2.24, 2.45) is 4.99 Å². The molecular formula is C23H24N2O4S2. The number of ketones is 1. The topological polar surface area (TPSA) is 84.8 Å². The number of amides is 1. The Bertz CT molecular complexity index is 974. The van der Waals surface area contributed by atoms with Gasteiger partial charge >= 0.3 is 5.97 Å². The van der Waals surface area contributed by atoms with Gasteiger partial charge in [-0.15, -0.1) is 0 Å². The number of hydrogen-bond acceptors (Lipinski definition) is 7. The molecule has 8 heteroatoms. The van der Waals surface area contributed by atoms with E-state index in [9.17, 15) is 14.4 Å². The van der Waals surface area contributed by atoms with E-state index in [0.29, 0.717) is 29.0 Å². The number of Topliss-reactive ketones (excluding diaryl/α,β-unsaturated/α-hetero) is 1. The van der Waals surface area contributed by atoms with Crippen LogP contribution in [0.25, 0.3) is 0 Å². The van der Waals surface area contributed by atoms with Crippen molar-refractivity contribution in [2.75, 3.05) is 24.2 Å². The fourth-order valence-electron chi connectivity index (χ4n) is 2.87. The Labute approximate surface area is 190 Å². The molecule has 0 atom stereocenters. The fraction of sp³-hybridized carbons (Fsp3) is 0.304. The van der Waals surface area contributed by atoms with Crippen LogP contribution in [0.2, 0.25) is 0 Å². The maximum Gasteiger partial charge on any atom is 0.338 e. The molecule has 0 bridgehead atoms. The van der Waals surface area contributed by atoms with Crippen LogP contribution in [0.3, 0.4) is 0 Å². The highest BCUT2D eigenvalue weighted by molar-refractivity contribution is 8.38. The Kier molecular flexibility index (Phi) is 8.73. The summed E-state index contributed by atoms with van der Waals surface area (Å²) in [5.74, 6) is 0.736. The van der Waals surface area contributed by atoms with Crippen LogP contribution in [0.15, 0.2) is 53.5 Å². The number of carbonyl (C=O) groups excluding carboxylic acids is 3. The van der Waals surface area contributed by atoms with Crippen LogP contribution in [0.1, 0.15) is 46.0 Å². The third-order valence-electron chi connectivity index (χ3n) is 4.45. The van der Waals surface area contributed by atoms with E-state index in [1.165, 1.54) is 0 Å². The highest BCUT2D eigenvalue weighted by Crippen LogP contribution is 2.26. The maximum absolute atomic E-state index is 12.6. The van der Waals surface area contributed by atoms with Crippen LogP contribution >= 0.6 is 23.5 Å². The van der Waals surface area contributed by atoms with Gasteiger partial charge in [-0.1, -0.05) is 48.6 Å². The van der Waals surface area contributed by atoms with Crippen LogP contribution in [-0.4, -0.2) is 40.9 Å². The molecule has 0 unspecified atom stereocenters. The lowest BCUT2D eigenvalue weighted by atomic mass is 10.1. The second kappa shape index (κ2) is 11.7. The molecule has 0 fully saturated rings. The lowest BCUT2D eigenvalue weighted by Gasteiger charge is -2.10. The minimum atomic E-state index is -0.519. The minimum Gasteiger partial charge on any atom is -0.454 e. The molecule has 1 N–H and O–H groups in total. The van der Waals surface area contributed by atoms with Crippen molar-refractivity contribution < 1.29 is 19.1 Å². The molecule has 1 aliphatic heterocycles. The van der Waals surface area contributed by atoms with E-state index in [1.54, 1.807) is 59.9 Å². The molecule has 0 spiro atoms. The average molecular weight is 457 g/mol. The molecule has 3 rings (SSSR count). The molecule has 0 aromatic heterocycles. The van der Waals surface area contributed by atoms with Crippen molar-refractivity contribution in [2.45, 2.75) is 25.5 Å². The highest BCUT2D eigenvalue weighted by Gasteiger charge is 2.16. The zero-order valence-corrected chi connectivity index (χ0v) is 18.9. The third-order valence-corrected chi connectivity index (χ3v) is 6.75. The van der Waals surface area contributed by atoms with E-state index < -0.39 is 5.97 Å². The molecule has 0 saturated heterocycles. The lowest BCUT2D eigenvalue weighted by Crippen LogP contribution is -2.16. The number of anilines is 1. The summed E-state index contributed by atoms with van der Waals surface area (Å²) in [7, 11) is 0. The normalized spacial score (nSPS) is 12.9. The summed E-state index contributed by atoms with van der Waals surface area (Å²) < 4.78 is 6.32. The predicted molar refractivity (Wildman–Crippen MR) is 127 cm³/mol. The maximum atomic E-state index is 12.6. The molecule has 6 nitrogen and oxygen atoms in total. The summed E-state index contributed by atoms with van der Waals surface area (Å²) >= 11 is 3.33. The largest absolute Gasteiger partial charge is 0.454 e. The number of nitrogens with zero attached hydrogens (tertiary/aromatic N) is 1. The number of thioether (sulfide) groups is 2. The average Bonchev–Trinajstić information content (AvgIpc) is 3.30. The number of esters is 1. The SMILES string of the molecule is CCCC(=O)Nc1ccc(C(=O)COC(=O)c2ccccc2CSC2=NCCS2)cc1. The molecule has 2 aromatic rings. The number of hydrogen-bond donors (Lipinski definition) is 1. The Balaban J connectivity index is 1.54. The molecule has 31 heavy (non-hydrogen) atoms. The first kappa shape index (κ1) is 23.1. The van der Waals surface area contributed by atoms with Crippen molar-refractivity contribution in [3.63, 3.8) is 0 Å². The van der Waals surface area contributed by atoms with Crippen molar-refractivity contribution in [3.8, 4) is 0 Å².